The van der Waals surface area contributed by atoms with Crippen molar-refractivity contribution in [3.05, 3.63) is 70.3 Å². The Morgan fingerprint density at radius 1 is 0.703 bits per heavy atom. The van der Waals surface area contributed by atoms with Crippen LogP contribution in [0.1, 0.15) is 77.5 Å². The molecule has 3 fully saturated rings. The summed E-state index contributed by atoms with van der Waals surface area (Å²) in [6, 6.07) is 11.1. The number of hydrogen-bond donors (Lipinski definition) is 1. The normalized spacial score (nSPS) is 31.4. The molecule has 8 heteroatoms. The van der Waals surface area contributed by atoms with Gasteiger partial charge in [-0.2, -0.15) is 0 Å². The molecule has 2 aliphatic heterocycles. The summed E-state index contributed by atoms with van der Waals surface area (Å²) < 4.78 is 0. The van der Waals surface area contributed by atoms with Crippen molar-refractivity contribution in [1.82, 2.24) is 9.80 Å². The SMILES string of the molecule is O=C(O)c1ccc2c(c1)C(=O)N(CC1CC3C4CC(CN5C(=O)c6ccccc6C5=O)C(C4)C3C1)C2=O. The highest BCUT2D eigenvalue weighted by Gasteiger charge is 2.57. The predicted molar refractivity (Wildman–Crippen MR) is 130 cm³/mol. The maximum Gasteiger partial charge on any atom is 0.335 e. The van der Waals surface area contributed by atoms with Gasteiger partial charge in [0.05, 0.1) is 27.8 Å². The Balaban J connectivity index is 1.03. The van der Waals surface area contributed by atoms with Crippen LogP contribution in [0.5, 0.6) is 0 Å². The molecule has 3 aliphatic carbocycles. The number of amides is 4. The maximum atomic E-state index is 13.0. The van der Waals surface area contributed by atoms with Gasteiger partial charge in [-0.1, -0.05) is 12.1 Å². The maximum absolute atomic E-state index is 13.0. The second kappa shape index (κ2) is 7.84. The summed E-state index contributed by atoms with van der Waals surface area (Å²) in [5, 5.41) is 9.25. The van der Waals surface area contributed by atoms with E-state index in [0.717, 1.165) is 25.7 Å². The Hall–Kier alpha value is -3.81. The van der Waals surface area contributed by atoms with Crippen molar-refractivity contribution in [3.8, 4) is 0 Å². The minimum Gasteiger partial charge on any atom is -0.478 e. The lowest BCUT2D eigenvalue weighted by Crippen LogP contribution is -2.38. The Bertz CT molecular complexity index is 1380. The molecule has 6 atom stereocenters. The lowest BCUT2D eigenvalue weighted by Gasteiger charge is -2.33. The van der Waals surface area contributed by atoms with Crippen LogP contribution in [-0.2, 0) is 0 Å². The van der Waals surface area contributed by atoms with Crippen LogP contribution in [0.3, 0.4) is 0 Å². The number of imide groups is 2. The van der Waals surface area contributed by atoms with Gasteiger partial charge in [-0.05, 0) is 91.5 Å². The zero-order valence-electron chi connectivity index (χ0n) is 20.1. The third kappa shape index (κ3) is 3.17. The molecule has 5 aliphatic rings. The van der Waals surface area contributed by atoms with E-state index in [1.54, 1.807) is 24.3 Å². The fraction of sp³-hybridized carbons (Fsp3) is 0.414. The number of aromatic carboxylic acids is 1. The molecule has 1 N–H and O–H groups in total. The van der Waals surface area contributed by atoms with Crippen molar-refractivity contribution in [2.45, 2.75) is 25.7 Å². The number of carboxylic acids is 1. The summed E-state index contributed by atoms with van der Waals surface area (Å²) in [6.07, 6.45) is 4.04. The van der Waals surface area contributed by atoms with Crippen LogP contribution in [0.4, 0.5) is 0 Å². The van der Waals surface area contributed by atoms with Crippen molar-refractivity contribution in [2.24, 2.45) is 35.5 Å². The smallest absolute Gasteiger partial charge is 0.335 e. The molecule has 0 spiro atoms. The first-order valence-electron chi connectivity index (χ1n) is 13.0. The molecule has 2 heterocycles. The number of benzene rings is 2. The highest BCUT2D eigenvalue weighted by atomic mass is 16.4. The first kappa shape index (κ1) is 22.4. The topological polar surface area (TPSA) is 112 Å². The number of fused-ring (bicyclic) bond motifs is 7. The molecule has 37 heavy (non-hydrogen) atoms. The number of nitrogens with zero attached hydrogens (tertiary/aromatic N) is 2. The number of carboxylic acid groups (broad SMARTS) is 1. The first-order valence-corrected chi connectivity index (χ1v) is 13.0. The molecule has 4 amide bonds. The monoisotopic (exact) mass is 498 g/mol. The fourth-order valence-electron chi connectivity index (χ4n) is 8.17. The Kier molecular flexibility index (Phi) is 4.75. The van der Waals surface area contributed by atoms with E-state index in [0.29, 0.717) is 53.8 Å². The predicted octanol–water partition coefficient (Wildman–Crippen LogP) is 3.58. The number of rotatable bonds is 5. The lowest BCUT2D eigenvalue weighted by molar-refractivity contribution is 0.0580. The molecule has 2 aromatic carbocycles. The summed E-state index contributed by atoms with van der Waals surface area (Å²) in [7, 11) is 0. The summed E-state index contributed by atoms with van der Waals surface area (Å²) in [5.41, 5.74) is 1.42. The standard InChI is InChI=1S/C29H26N2O6/c32-25-18-3-1-2-4-19(18)26(33)31(25)13-17-9-16-11-22(17)23-8-14(7-21(16)23)12-30-27(34)20-6-5-15(29(36)37)10-24(20)28(30)35/h1-6,10,14,16-17,21-23H,7-9,11-13H2,(H,36,37). The average molecular weight is 499 g/mol. The van der Waals surface area contributed by atoms with Gasteiger partial charge in [0, 0.05) is 13.1 Å². The highest BCUT2D eigenvalue weighted by Crippen LogP contribution is 2.62. The molecule has 0 saturated heterocycles. The highest BCUT2D eigenvalue weighted by molar-refractivity contribution is 6.22. The summed E-state index contributed by atoms with van der Waals surface area (Å²) in [6.45, 7) is 0.815. The van der Waals surface area contributed by atoms with Gasteiger partial charge in [0.15, 0.2) is 0 Å². The largest absolute Gasteiger partial charge is 0.478 e. The molecule has 3 saturated carbocycles. The third-order valence-corrected chi connectivity index (χ3v) is 9.66. The molecule has 2 bridgehead atoms. The third-order valence-electron chi connectivity index (χ3n) is 9.66. The molecular formula is C29H26N2O6. The molecule has 188 valence electrons. The van der Waals surface area contributed by atoms with Crippen molar-refractivity contribution in [1.29, 1.82) is 0 Å². The van der Waals surface area contributed by atoms with Crippen LogP contribution < -0.4 is 0 Å². The van der Waals surface area contributed by atoms with Crippen molar-refractivity contribution in [2.75, 3.05) is 13.1 Å². The van der Waals surface area contributed by atoms with E-state index in [4.69, 9.17) is 0 Å². The molecule has 2 aromatic rings. The number of carbonyl (C=O) groups excluding carboxylic acids is 4. The van der Waals surface area contributed by atoms with Gasteiger partial charge in [0.25, 0.3) is 23.6 Å². The van der Waals surface area contributed by atoms with Gasteiger partial charge in [-0.25, -0.2) is 4.79 Å². The molecule has 0 radical (unpaired) electrons. The van der Waals surface area contributed by atoms with Crippen LogP contribution in [0.25, 0.3) is 0 Å². The number of carbonyl (C=O) groups is 5. The van der Waals surface area contributed by atoms with Gasteiger partial charge in [0.2, 0.25) is 0 Å². The number of hydrogen-bond acceptors (Lipinski definition) is 5. The van der Waals surface area contributed by atoms with E-state index in [2.05, 4.69) is 0 Å². The molecule has 6 unspecified atom stereocenters. The van der Waals surface area contributed by atoms with E-state index in [1.807, 2.05) is 0 Å². The van der Waals surface area contributed by atoms with E-state index in [-0.39, 0.29) is 40.3 Å². The Labute approximate surface area is 213 Å². The first-order chi connectivity index (χ1) is 17.8. The van der Waals surface area contributed by atoms with Crippen LogP contribution >= 0.6 is 0 Å². The lowest BCUT2D eigenvalue weighted by atomic mass is 9.75. The van der Waals surface area contributed by atoms with E-state index < -0.39 is 11.9 Å². The van der Waals surface area contributed by atoms with Crippen LogP contribution in [-0.4, -0.2) is 57.6 Å². The van der Waals surface area contributed by atoms with E-state index in [1.165, 1.54) is 28.0 Å². The van der Waals surface area contributed by atoms with Gasteiger partial charge in [0.1, 0.15) is 0 Å². The van der Waals surface area contributed by atoms with E-state index >= 15 is 0 Å². The zero-order chi connectivity index (χ0) is 25.6. The minimum atomic E-state index is -1.13. The van der Waals surface area contributed by atoms with E-state index in [9.17, 15) is 29.1 Å². The van der Waals surface area contributed by atoms with Crippen molar-refractivity contribution >= 4 is 29.6 Å². The van der Waals surface area contributed by atoms with Gasteiger partial charge in [-0.15, -0.1) is 0 Å². The molecule has 0 aromatic heterocycles. The summed E-state index contributed by atoms with van der Waals surface area (Å²) >= 11 is 0. The molecule has 7 rings (SSSR count). The molecule has 8 nitrogen and oxygen atoms in total. The van der Waals surface area contributed by atoms with Crippen molar-refractivity contribution < 1.29 is 29.1 Å². The fourth-order valence-corrected chi connectivity index (χ4v) is 8.17. The molecular weight excluding hydrogens is 472 g/mol. The van der Waals surface area contributed by atoms with Crippen LogP contribution in [0.15, 0.2) is 42.5 Å². The second-order valence-electron chi connectivity index (χ2n) is 11.4. The van der Waals surface area contributed by atoms with Gasteiger partial charge < -0.3 is 5.11 Å². The van der Waals surface area contributed by atoms with Gasteiger partial charge >= 0.3 is 5.97 Å². The summed E-state index contributed by atoms with van der Waals surface area (Å²) in [5.74, 6) is 0.274. The average Bonchev–Trinajstić information content (AvgIpc) is 3.67. The van der Waals surface area contributed by atoms with Crippen LogP contribution in [0.2, 0.25) is 0 Å². The minimum absolute atomic E-state index is 0.00201. The Morgan fingerprint density at radius 3 is 1.97 bits per heavy atom. The summed E-state index contributed by atoms with van der Waals surface area (Å²) in [4.78, 5) is 65.8. The quantitative estimate of drug-likeness (QED) is 0.631. The van der Waals surface area contributed by atoms with Crippen molar-refractivity contribution in [3.63, 3.8) is 0 Å². The Morgan fingerprint density at radius 2 is 1.30 bits per heavy atom. The second-order valence-corrected chi connectivity index (χ2v) is 11.4. The van der Waals surface area contributed by atoms with Gasteiger partial charge in [-0.3, -0.25) is 29.0 Å². The zero-order valence-corrected chi connectivity index (χ0v) is 20.1. The van der Waals surface area contributed by atoms with Crippen LogP contribution in [0, 0.1) is 35.5 Å².